The number of halogens is 1. The number of hydrogen-bond acceptors (Lipinski definition) is 2. The summed E-state index contributed by atoms with van der Waals surface area (Å²) in [5, 5.41) is 3.18. The molecule has 0 spiro atoms. The Hall–Kier alpha value is -3.47. The zero-order chi connectivity index (χ0) is 26.1. The minimum absolute atomic E-state index is 0.0263. The van der Waals surface area contributed by atoms with Crippen molar-refractivity contribution in [1.82, 2.24) is 10.2 Å². The molecule has 194 valence electrons. The van der Waals surface area contributed by atoms with Crippen molar-refractivity contribution < 1.29 is 14.0 Å². The molecule has 0 atom stereocenters. The van der Waals surface area contributed by atoms with Crippen molar-refractivity contribution in [2.75, 3.05) is 19.6 Å². The molecule has 1 fully saturated rings. The Kier molecular flexibility index (Phi) is 9.10. The van der Waals surface area contributed by atoms with Gasteiger partial charge >= 0.3 is 0 Å². The Morgan fingerprint density at radius 3 is 2.05 bits per heavy atom. The smallest absolute Gasteiger partial charge is 0.226 e. The molecule has 0 aliphatic carbocycles. The van der Waals surface area contributed by atoms with E-state index in [0.29, 0.717) is 45.3 Å². The van der Waals surface area contributed by atoms with E-state index in [1.807, 2.05) is 35.2 Å². The molecular formula is C32H37FN2O2. The van der Waals surface area contributed by atoms with Gasteiger partial charge in [-0.2, -0.15) is 0 Å². The van der Waals surface area contributed by atoms with Gasteiger partial charge < -0.3 is 10.2 Å². The van der Waals surface area contributed by atoms with Gasteiger partial charge in [0.25, 0.3) is 0 Å². The zero-order valence-electron chi connectivity index (χ0n) is 21.7. The zero-order valence-corrected chi connectivity index (χ0v) is 21.7. The van der Waals surface area contributed by atoms with Gasteiger partial charge in [0.05, 0.1) is 5.41 Å². The predicted molar refractivity (Wildman–Crippen MR) is 146 cm³/mol. The normalized spacial score (nSPS) is 14.8. The molecule has 0 unspecified atom stereocenters. The summed E-state index contributed by atoms with van der Waals surface area (Å²) < 4.78 is 13.5. The fraction of sp³-hybridized carbons (Fsp3) is 0.375. The fourth-order valence-corrected chi connectivity index (χ4v) is 5.16. The standard InChI is InChI=1S/C32H37FN2O2/c1-2-25-8-10-27(11-9-25)18-21-34-31(37)32(24-28-12-15-29(33)16-13-28)19-22-35(23-20-32)30(36)17-14-26-6-4-3-5-7-26/h3-13,15-16H,2,14,17-24H2,1H3,(H,34,37). The summed E-state index contributed by atoms with van der Waals surface area (Å²) in [5.41, 5.74) is 3.98. The van der Waals surface area contributed by atoms with E-state index >= 15 is 0 Å². The van der Waals surface area contributed by atoms with Crippen LogP contribution in [0.15, 0.2) is 78.9 Å². The Morgan fingerprint density at radius 2 is 1.41 bits per heavy atom. The maximum absolute atomic E-state index is 13.6. The van der Waals surface area contributed by atoms with Crippen LogP contribution in [0.25, 0.3) is 0 Å². The van der Waals surface area contributed by atoms with E-state index in [2.05, 4.69) is 36.5 Å². The van der Waals surface area contributed by atoms with Gasteiger partial charge in [0.15, 0.2) is 0 Å². The number of aryl methyl sites for hydroxylation is 2. The number of benzene rings is 3. The van der Waals surface area contributed by atoms with Crippen molar-refractivity contribution in [3.63, 3.8) is 0 Å². The number of amides is 2. The number of rotatable bonds is 10. The third kappa shape index (κ3) is 7.28. The predicted octanol–water partition coefficient (Wildman–Crippen LogP) is 5.53. The number of carbonyl (C=O) groups is 2. The first-order valence-corrected chi connectivity index (χ1v) is 13.4. The summed E-state index contributed by atoms with van der Waals surface area (Å²) in [4.78, 5) is 28.4. The number of likely N-dealkylation sites (tertiary alicyclic amines) is 1. The molecule has 1 heterocycles. The summed E-state index contributed by atoms with van der Waals surface area (Å²) in [7, 11) is 0. The first kappa shape index (κ1) is 26.6. The highest BCUT2D eigenvalue weighted by atomic mass is 19.1. The molecule has 3 aromatic carbocycles. The minimum atomic E-state index is -0.611. The van der Waals surface area contributed by atoms with E-state index < -0.39 is 5.41 Å². The van der Waals surface area contributed by atoms with Gasteiger partial charge in [-0.3, -0.25) is 9.59 Å². The van der Waals surface area contributed by atoms with E-state index in [1.54, 1.807) is 12.1 Å². The molecule has 0 bridgehead atoms. The lowest BCUT2D eigenvalue weighted by atomic mass is 9.72. The van der Waals surface area contributed by atoms with Crippen LogP contribution in [0.2, 0.25) is 0 Å². The SMILES string of the molecule is CCc1ccc(CCNC(=O)C2(Cc3ccc(F)cc3)CCN(C(=O)CCc3ccccc3)CC2)cc1. The van der Waals surface area contributed by atoms with Gasteiger partial charge in [0.2, 0.25) is 11.8 Å². The maximum atomic E-state index is 13.6. The van der Waals surface area contributed by atoms with Crippen molar-refractivity contribution in [2.24, 2.45) is 5.41 Å². The Labute approximate surface area is 219 Å². The quantitative estimate of drug-likeness (QED) is 0.398. The molecule has 37 heavy (non-hydrogen) atoms. The van der Waals surface area contributed by atoms with Crippen molar-refractivity contribution in [3.05, 3.63) is 107 Å². The average Bonchev–Trinajstić information content (AvgIpc) is 2.94. The van der Waals surface area contributed by atoms with Crippen LogP contribution in [-0.4, -0.2) is 36.3 Å². The first-order valence-electron chi connectivity index (χ1n) is 13.4. The van der Waals surface area contributed by atoms with Crippen LogP contribution >= 0.6 is 0 Å². The highest BCUT2D eigenvalue weighted by molar-refractivity contribution is 5.84. The van der Waals surface area contributed by atoms with Gasteiger partial charge in [-0.1, -0.05) is 73.7 Å². The van der Waals surface area contributed by atoms with Gasteiger partial charge in [0.1, 0.15) is 5.82 Å². The second-order valence-corrected chi connectivity index (χ2v) is 10.1. The summed E-state index contributed by atoms with van der Waals surface area (Å²) >= 11 is 0. The van der Waals surface area contributed by atoms with Crippen molar-refractivity contribution in [3.8, 4) is 0 Å². The van der Waals surface area contributed by atoms with E-state index in [1.165, 1.54) is 23.3 Å². The molecule has 1 aliphatic rings. The van der Waals surface area contributed by atoms with Crippen LogP contribution in [0.5, 0.6) is 0 Å². The molecule has 4 nitrogen and oxygen atoms in total. The molecule has 0 radical (unpaired) electrons. The third-order valence-corrected chi connectivity index (χ3v) is 7.61. The van der Waals surface area contributed by atoms with Gasteiger partial charge in [-0.15, -0.1) is 0 Å². The molecule has 0 saturated carbocycles. The fourth-order valence-electron chi connectivity index (χ4n) is 5.16. The summed E-state index contributed by atoms with van der Waals surface area (Å²) in [6, 6.07) is 25.0. The average molecular weight is 501 g/mol. The van der Waals surface area contributed by atoms with Crippen LogP contribution in [0.4, 0.5) is 4.39 Å². The molecule has 2 amide bonds. The molecule has 1 aliphatic heterocycles. The highest BCUT2D eigenvalue weighted by Gasteiger charge is 2.42. The van der Waals surface area contributed by atoms with Gasteiger partial charge in [-0.25, -0.2) is 4.39 Å². The summed E-state index contributed by atoms with van der Waals surface area (Å²) in [6.07, 6.45) is 4.70. The minimum Gasteiger partial charge on any atom is -0.355 e. The third-order valence-electron chi connectivity index (χ3n) is 7.61. The van der Waals surface area contributed by atoms with Gasteiger partial charge in [-0.05, 0) is 72.9 Å². The van der Waals surface area contributed by atoms with Crippen molar-refractivity contribution in [1.29, 1.82) is 0 Å². The van der Waals surface area contributed by atoms with Crippen LogP contribution in [0, 0.1) is 11.2 Å². The molecular weight excluding hydrogens is 463 g/mol. The Morgan fingerprint density at radius 1 is 0.811 bits per heavy atom. The van der Waals surface area contributed by atoms with E-state index in [4.69, 9.17) is 0 Å². The van der Waals surface area contributed by atoms with Crippen LogP contribution in [-0.2, 0) is 35.3 Å². The highest BCUT2D eigenvalue weighted by Crippen LogP contribution is 2.36. The topological polar surface area (TPSA) is 49.4 Å². The molecule has 4 rings (SSSR count). The molecule has 1 saturated heterocycles. The monoisotopic (exact) mass is 500 g/mol. The van der Waals surface area contributed by atoms with E-state index in [-0.39, 0.29) is 17.6 Å². The van der Waals surface area contributed by atoms with Crippen LogP contribution < -0.4 is 5.32 Å². The number of carbonyl (C=O) groups excluding carboxylic acids is 2. The molecule has 1 N–H and O–H groups in total. The van der Waals surface area contributed by atoms with Crippen molar-refractivity contribution >= 4 is 11.8 Å². The second kappa shape index (κ2) is 12.7. The lowest BCUT2D eigenvalue weighted by molar-refractivity contribution is -0.140. The number of hydrogen-bond donors (Lipinski definition) is 1. The first-order chi connectivity index (χ1) is 18.0. The lowest BCUT2D eigenvalue weighted by Crippen LogP contribution is -2.51. The number of nitrogens with zero attached hydrogens (tertiary/aromatic N) is 1. The largest absolute Gasteiger partial charge is 0.355 e. The Bertz CT molecular complexity index is 1150. The Balaban J connectivity index is 1.37. The van der Waals surface area contributed by atoms with E-state index in [9.17, 15) is 14.0 Å². The summed E-state index contributed by atoms with van der Waals surface area (Å²) in [6.45, 7) is 3.81. The van der Waals surface area contributed by atoms with Crippen molar-refractivity contribution in [2.45, 2.75) is 51.9 Å². The van der Waals surface area contributed by atoms with Crippen LogP contribution in [0.3, 0.4) is 0 Å². The molecule has 3 aromatic rings. The second-order valence-electron chi connectivity index (χ2n) is 10.1. The molecule has 0 aromatic heterocycles. The molecule has 5 heteroatoms. The van der Waals surface area contributed by atoms with E-state index in [0.717, 1.165) is 30.4 Å². The summed E-state index contributed by atoms with van der Waals surface area (Å²) in [5.74, 6) is -0.122. The maximum Gasteiger partial charge on any atom is 0.226 e. The lowest BCUT2D eigenvalue weighted by Gasteiger charge is -2.41. The van der Waals surface area contributed by atoms with Crippen LogP contribution in [0.1, 0.15) is 48.4 Å². The van der Waals surface area contributed by atoms with Gasteiger partial charge in [0, 0.05) is 26.1 Å². The number of piperidine rings is 1. The number of nitrogens with one attached hydrogen (secondary N) is 1.